The van der Waals surface area contributed by atoms with Crippen molar-refractivity contribution in [1.82, 2.24) is 0 Å². The Morgan fingerprint density at radius 3 is 0.796 bits per heavy atom. The summed E-state index contributed by atoms with van der Waals surface area (Å²) in [5.74, 6) is 0. The van der Waals surface area contributed by atoms with Gasteiger partial charge in [-0.05, 0) is 32.6 Å². The first-order valence-corrected chi connectivity index (χ1v) is 23.1. The quantitative estimate of drug-likeness (QED) is 0.0296. The lowest BCUT2D eigenvalue weighted by atomic mass is 10.0. The minimum absolute atomic E-state index is 0.353. The van der Waals surface area contributed by atoms with Gasteiger partial charge in [0.2, 0.25) is 10.4 Å². The maximum Gasteiger partial charge on any atom is 0.217 e. The molecule has 49 heavy (non-hydrogen) atoms. The van der Waals surface area contributed by atoms with Crippen LogP contribution in [0.4, 0.5) is 0 Å². The molecule has 0 spiro atoms. The Labute approximate surface area is 308 Å². The van der Waals surface area contributed by atoms with Crippen molar-refractivity contribution >= 4 is 10.4 Å². The minimum Gasteiger partial charge on any atom is -0.726 e. The van der Waals surface area contributed by atoms with E-state index >= 15 is 0 Å². The van der Waals surface area contributed by atoms with Crippen LogP contribution < -0.4 is 0 Å². The molecule has 0 fully saturated rings. The summed E-state index contributed by atoms with van der Waals surface area (Å²) in [7, 11) is -3.60. The summed E-state index contributed by atoms with van der Waals surface area (Å²) in [6.07, 6.45) is 47.5. The molecule has 0 heterocycles. The second-order valence-electron chi connectivity index (χ2n) is 15.1. The van der Waals surface area contributed by atoms with Gasteiger partial charge in [-0.1, -0.05) is 200 Å². The number of quaternary nitrogens is 1. The molecule has 0 aromatic carbocycles. The fourth-order valence-corrected chi connectivity index (χ4v) is 7.19. The van der Waals surface area contributed by atoms with E-state index in [9.17, 15) is 18.1 Å². The average Bonchev–Trinajstić information content (AvgIpc) is 3.09. The Kier molecular flexibility index (Phi) is 42.1. The van der Waals surface area contributed by atoms with Gasteiger partial charge in [-0.2, -0.15) is 0 Å². The van der Waals surface area contributed by atoms with Crippen LogP contribution in [-0.2, 0) is 14.6 Å². The van der Waals surface area contributed by atoms with Crippen molar-refractivity contribution in [1.29, 1.82) is 0 Å². The van der Waals surface area contributed by atoms with Gasteiger partial charge in [-0.25, -0.2) is 8.42 Å². The summed E-state index contributed by atoms with van der Waals surface area (Å²) in [6.45, 7) is 12.1. The van der Waals surface area contributed by atoms with E-state index < -0.39 is 10.4 Å². The molecule has 7 heteroatoms. The highest BCUT2D eigenvalue weighted by Crippen LogP contribution is 2.18. The largest absolute Gasteiger partial charge is 0.726 e. The zero-order valence-electron chi connectivity index (χ0n) is 33.8. The SMILES string of the molecule is CCCCCCCCCCCCCCCCCCC[N+](CC)(CCO)CCCCCCCCCCCCCCCCCC.COS(=O)(=O)[O-]. The fraction of sp³-hybridized carbons (Fsp3) is 1.00. The zero-order valence-corrected chi connectivity index (χ0v) is 34.6. The Hall–Kier alpha value is -0.210. The Morgan fingerprint density at radius 2 is 0.633 bits per heavy atom. The molecular formula is C42H89NO5S. The van der Waals surface area contributed by atoms with Crippen LogP contribution in [0.1, 0.15) is 233 Å². The molecular weight excluding hydrogens is 631 g/mol. The molecule has 0 aromatic heterocycles. The van der Waals surface area contributed by atoms with E-state index in [-0.39, 0.29) is 0 Å². The standard InChI is InChI=1S/C41H86NO.CH4O4S/c1-4-7-9-11-13-15-17-19-21-23-25-27-29-31-33-35-37-39-42(6-3,40-41-43)38-36-34-32-30-28-26-24-22-20-18-16-14-12-10-8-5-2;1-5-6(2,3)4/h43H,4-41H2,1-3H3;1H3,(H,2,3,4)/q+1;/p-1. The summed E-state index contributed by atoms with van der Waals surface area (Å²) in [5, 5.41) is 9.80. The van der Waals surface area contributed by atoms with E-state index in [0.29, 0.717) is 6.61 Å². The van der Waals surface area contributed by atoms with Crippen LogP contribution in [0.2, 0.25) is 0 Å². The third-order valence-electron chi connectivity index (χ3n) is 10.7. The van der Waals surface area contributed by atoms with E-state index in [2.05, 4.69) is 25.0 Å². The monoisotopic (exact) mass is 720 g/mol. The fourth-order valence-electron chi connectivity index (χ4n) is 7.19. The molecule has 0 saturated heterocycles. The first-order valence-electron chi connectivity index (χ1n) is 21.8. The van der Waals surface area contributed by atoms with Gasteiger partial charge in [0, 0.05) is 0 Å². The van der Waals surface area contributed by atoms with Crippen LogP contribution in [-0.4, -0.2) is 62.5 Å². The number of nitrogens with zero attached hydrogens (tertiary/aromatic N) is 1. The normalized spacial score (nSPS) is 12.9. The van der Waals surface area contributed by atoms with Gasteiger partial charge in [0.25, 0.3) is 0 Å². The smallest absolute Gasteiger partial charge is 0.217 e. The number of aliphatic hydroxyl groups is 1. The summed E-state index contributed by atoms with van der Waals surface area (Å²) >= 11 is 0. The molecule has 1 N–H and O–H groups in total. The van der Waals surface area contributed by atoms with Crippen LogP contribution in [0, 0.1) is 0 Å². The maximum absolute atomic E-state index is 9.80. The number of aliphatic hydroxyl groups excluding tert-OH is 1. The molecule has 1 unspecified atom stereocenters. The van der Waals surface area contributed by atoms with Gasteiger partial charge in [-0.3, -0.25) is 4.18 Å². The van der Waals surface area contributed by atoms with Gasteiger partial charge in [-0.15, -0.1) is 0 Å². The lowest BCUT2D eigenvalue weighted by Gasteiger charge is -2.37. The average molecular weight is 720 g/mol. The predicted molar refractivity (Wildman–Crippen MR) is 213 cm³/mol. The van der Waals surface area contributed by atoms with Crippen molar-refractivity contribution in [2.75, 3.05) is 39.9 Å². The van der Waals surface area contributed by atoms with E-state index in [4.69, 9.17) is 0 Å². The van der Waals surface area contributed by atoms with Crippen LogP contribution in [0.5, 0.6) is 0 Å². The summed E-state index contributed by atoms with van der Waals surface area (Å²) in [5.41, 5.74) is 0. The van der Waals surface area contributed by atoms with Crippen molar-refractivity contribution in [3.05, 3.63) is 0 Å². The second-order valence-corrected chi connectivity index (χ2v) is 16.2. The second kappa shape index (κ2) is 40.6. The maximum atomic E-state index is 9.80. The third kappa shape index (κ3) is 42.1. The van der Waals surface area contributed by atoms with Gasteiger partial charge in [0.1, 0.15) is 6.54 Å². The molecule has 0 aliphatic carbocycles. The topological polar surface area (TPSA) is 86.7 Å². The summed E-state index contributed by atoms with van der Waals surface area (Å²) in [6, 6.07) is 0. The molecule has 0 saturated carbocycles. The number of rotatable bonds is 39. The lowest BCUT2D eigenvalue weighted by molar-refractivity contribution is -0.927. The molecule has 0 aromatic rings. The molecule has 0 amide bonds. The number of hydrogen-bond acceptors (Lipinski definition) is 5. The Bertz CT molecular complexity index is 720. The Balaban J connectivity index is 0. The zero-order chi connectivity index (χ0) is 36.6. The van der Waals surface area contributed by atoms with Gasteiger partial charge in [0.15, 0.2) is 0 Å². The molecule has 0 aliphatic rings. The lowest BCUT2D eigenvalue weighted by Crippen LogP contribution is -2.51. The van der Waals surface area contributed by atoms with Gasteiger partial charge in [0.05, 0.1) is 33.4 Å². The number of likely N-dealkylation sites (N-methyl/N-ethyl adjacent to an activating group) is 1. The number of hydrogen-bond donors (Lipinski definition) is 1. The van der Waals surface area contributed by atoms with E-state index in [1.165, 1.54) is 232 Å². The molecule has 0 aliphatic heterocycles. The highest BCUT2D eigenvalue weighted by Gasteiger charge is 2.23. The third-order valence-corrected chi connectivity index (χ3v) is 11.1. The predicted octanol–water partition coefficient (Wildman–Crippen LogP) is 12.8. The highest BCUT2D eigenvalue weighted by atomic mass is 32.3. The van der Waals surface area contributed by atoms with Crippen molar-refractivity contribution in [3.8, 4) is 0 Å². The molecule has 0 rings (SSSR count). The number of unbranched alkanes of at least 4 members (excludes halogenated alkanes) is 31. The van der Waals surface area contributed by atoms with Crippen molar-refractivity contribution in [2.45, 2.75) is 233 Å². The van der Waals surface area contributed by atoms with Crippen molar-refractivity contribution in [2.24, 2.45) is 0 Å². The summed E-state index contributed by atoms with van der Waals surface area (Å²) < 4.78 is 32.2. The molecule has 0 radical (unpaired) electrons. The molecule has 1 atom stereocenters. The summed E-state index contributed by atoms with van der Waals surface area (Å²) in [4.78, 5) is 0. The van der Waals surface area contributed by atoms with Gasteiger partial charge >= 0.3 is 0 Å². The highest BCUT2D eigenvalue weighted by molar-refractivity contribution is 7.80. The molecule has 298 valence electrons. The van der Waals surface area contributed by atoms with Crippen molar-refractivity contribution < 1.29 is 26.7 Å². The van der Waals surface area contributed by atoms with Crippen molar-refractivity contribution in [3.63, 3.8) is 0 Å². The Morgan fingerprint density at radius 1 is 0.429 bits per heavy atom. The first kappa shape index (κ1) is 50.9. The van der Waals surface area contributed by atoms with Crippen LogP contribution in [0.15, 0.2) is 0 Å². The van der Waals surface area contributed by atoms with Crippen LogP contribution >= 0.6 is 0 Å². The van der Waals surface area contributed by atoms with E-state index in [1.54, 1.807) is 0 Å². The minimum atomic E-state index is -4.41. The van der Waals surface area contributed by atoms with E-state index in [0.717, 1.165) is 18.1 Å². The molecule has 6 nitrogen and oxygen atoms in total. The first-order chi connectivity index (χ1) is 23.8. The van der Waals surface area contributed by atoms with Crippen LogP contribution in [0.3, 0.4) is 0 Å². The van der Waals surface area contributed by atoms with E-state index in [1.807, 2.05) is 0 Å². The van der Waals surface area contributed by atoms with Crippen LogP contribution in [0.25, 0.3) is 0 Å². The van der Waals surface area contributed by atoms with Gasteiger partial charge < -0.3 is 14.1 Å². The molecule has 0 bridgehead atoms.